The van der Waals surface area contributed by atoms with Crippen LogP contribution in [0.1, 0.15) is 38.5 Å². The van der Waals surface area contributed by atoms with E-state index in [0.29, 0.717) is 0 Å². The van der Waals surface area contributed by atoms with Crippen molar-refractivity contribution in [1.82, 2.24) is 10.6 Å². The smallest absolute Gasteiger partial charge is 0.220 e. The van der Waals surface area contributed by atoms with Crippen molar-refractivity contribution in [2.24, 2.45) is 0 Å². The SMILES string of the molecule is O=C(CCCCCCC(=O)NC(CO[C@@H]1O[C@H](CO)[C@@H](O[C@@H]2O[C@H](CO)[C@H](O)[C@H](O)[C@H]2O)[C@H](O)[C@H]1O)CO[C@@H]1O[C@H](CO)[C@@H](O[C@@H]2O[C@H](CO)[C@H](O)[C@H](O)[C@H]2O)[C@H](O)[C@H]1O)NC(CO[C@@H]1O[C@H](CO)[C@@H](O[C@@H]2O[C@H](CO)[C@H](O)[C@H](O)[C@H]2O)[C@H](O)[C@H]1O)CO[C@@H]1O[C@H](CO)[C@@H](O[C@@H]2O[C@H](CO)[C@H](O)[C@H](O)[C@H]2O)[C@H](O)[C@H]1O. The molecule has 40 atom stereocenters. The number of carbonyl (C=O) groups excluding carboxylic acids is 2. The molecular formula is C62H108N2O46. The van der Waals surface area contributed by atoms with Crippen LogP contribution in [0.25, 0.3) is 0 Å². The Balaban J connectivity index is 0.891. The summed E-state index contributed by atoms with van der Waals surface area (Å²) < 4.78 is 89.9. The van der Waals surface area contributed by atoms with Gasteiger partial charge in [0.05, 0.1) is 91.4 Å². The highest BCUT2D eigenvalue weighted by atomic mass is 16.8. The molecule has 48 heteroatoms. The number of aliphatic hydroxyl groups is 28. The minimum atomic E-state index is -2.07. The first-order valence-corrected chi connectivity index (χ1v) is 35.7. The number of ether oxygens (including phenoxy) is 16. The largest absolute Gasteiger partial charge is 0.394 e. The third kappa shape index (κ3) is 22.3. The van der Waals surface area contributed by atoms with Crippen LogP contribution in [0.5, 0.6) is 0 Å². The van der Waals surface area contributed by atoms with E-state index in [1.54, 1.807) is 0 Å². The second kappa shape index (κ2) is 43.1. The predicted molar refractivity (Wildman–Crippen MR) is 341 cm³/mol. The minimum absolute atomic E-state index is 0.110. The molecule has 0 unspecified atom stereocenters. The fraction of sp³-hybridized carbons (Fsp3) is 0.968. The molecule has 0 aromatic rings. The summed E-state index contributed by atoms with van der Waals surface area (Å²) in [5.74, 6) is -1.44. The summed E-state index contributed by atoms with van der Waals surface area (Å²) in [5.41, 5.74) is 0. The molecule has 0 saturated carbocycles. The summed E-state index contributed by atoms with van der Waals surface area (Å²) in [5, 5.41) is 300. The van der Waals surface area contributed by atoms with Gasteiger partial charge in [0.25, 0.3) is 0 Å². The first kappa shape index (κ1) is 92.7. The molecule has 110 heavy (non-hydrogen) atoms. The minimum Gasteiger partial charge on any atom is -0.394 e. The van der Waals surface area contributed by atoms with Gasteiger partial charge in [-0.15, -0.1) is 0 Å². The van der Waals surface area contributed by atoms with Gasteiger partial charge in [-0.2, -0.15) is 0 Å². The first-order chi connectivity index (χ1) is 52.3. The number of carbonyl (C=O) groups is 2. The third-order valence-electron chi connectivity index (χ3n) is 20.0. The molecular weight excluding hydrogens is 1510 g/mol. The Labute approximate surface area is 624 Å². The van der Waals surface area contributed by atoms with Crippen LogP contribution in [-0.2, 0) is 85.4 Å². The topological polar surface area (TPSA) is 772 Å². The highest BCUT2D eigenvalue weighted by Gasteiger charge is 2.57. The average Bonchev–Trinajstić information content (AvgIpc) is 0.796. The van der Waals surface area contributed by atoms with E-state index in [0.717, 1.165) is 0 Å². The Morgan fingerprint density at radius 2 is 0.418 bits per heavy atom. The van der Waals surface area contributed by atoms with E-state index < -0.39 is 349 Å². The van der Waals surface area contributed by atoms with Gasteiger partial charge < -0.3 is 229 Å². The maximum atomic E-state index is 13.7. The van der Waals surface area contributed by atoms with Gasteiger partial charge in [0, 0.05) is 12.8 Å². The Morgan fingerprint density at radius 3 is 0.609 bits per heavy atom. The van der Waals surface area contributed by atoms with Crippen molar-refractivity contribution in [2.45, 2.75) is 296 Å². The van der Waals surface area contributed by atoms with Gasteiger partial charge in [-0.1, -0.05) is 12.8 Å². The molecule has 0 aromatic carbocycles. The van der Waals surface area contributed by atoms with Crippen molar-refractivity contribution >= 4 is 11.8 Å². The van der Waals surface area contributed by atoms with E-state index in [1.165, 1.54) is 0 Å². The van der Waals surface area contributed by atoms with Crippen molar-refractivity contribution in [2.75, 3.05) is 79.3 Å². The van der Waals surface area contributed by atoms with E-state index in [-0.39, 0.29) is 38.5 Å². The molecule has 30 N–H and O–H groups in total. The summed E-state index contributed by atoms with van der Waals surface area (Å²) in [6, 6.07) is -2.73. The quantitative estimate of drug-likeness (QED) is 0.0257. The maximum Gasteiger partial charge on any atom is 0.220 e. The molecule has 8 heterocycles. The van der Waals surface area contributed by atoms with E-state index in [2.05, 4.69) is 10.6 Å². The van der Waals surface area contributed by atoms with Gasteiger partial charge in [-0.3, -0.25) is 9.59 Å². The molecule has 642 valence electrons. The molecule has 8 saturated heterocycles. The van der Waals surface area contributed by atoms with Crippen LogP contribution in [0.2, 0.25) is 0 Å². The second-order valence-electron chi connectivity index (χ2n) is 27.8. The molecule has 0 spiro atoms. The standard InChI is InChI=1S/C62H108N2O46/c65-7-21-31(75)35(79)43(87)59(99-21)107-51-25(11-69)103-55(47(91)39(51)83)95-15-19(16-96-56-48(92)40(84)52(26(12-70)104-56)108-60-44(88)36(80)32(76)22(8-66)100-60)63-29(73)5-3-1-2-4-6-30(74)64-20(17-97-57-49(93)41(85)53(27(13-71)105-57)109-61-45(89)37(81)33(77)23(9-67)101-61)18-98-58-50(94)42(86)54(28(14-72)106-58)110-62-46(90)38(82)34(78)24(10-68)102-62/h19-28,31-62,65-72,75-94H,1-18H2,(H,63,73)(H,64,74)/t21-,22-,23-,24-,25-,26-,27-,28-,31+,32+,33+,34+,35+,36+,37+,38+,39-,40-,41-,42-,43-,44-,45-,46-,47-,48-,49-,50-,51-,52-,53-,54-,55-,56-,57-,58-,59+,60+,61+,62+/m1/s1. The number of rotatable bonds is 37. The number of nitrogens with one attached hydrogen (secondary N) is 2. The lowest BCUT2D eigenvalue weighted by molar-refractivity contribution is -0.362. The Morgan fingerprint density at radius 1 is 0.236 bits per heavy atom. The second-order valence-corrected chi connectivity index (χ2v) is 27.8. The molecule has 0 bridgehead atoms. The van der Waals surface area contributed by atoms with Crippen LogP contribution in [-0.4, -0.2) is 492 Å². The lowest BCUT2D eigenvalue weighted by Crippen LogP contribution is -2.65. The summed E-state index contributed by atoms with van der Waals surface area (Å²) in [7, 11) is 0. The van der Waals surface area contributed by atoms with Crippen LogP contribution in [0, 0.1) is 0 Å². The van der Waals surface area contributed by atoms with Crippen molar-refractivity contribution in [3.05, 3.63) is 0 Å². The normalized spacial score (nSPS) is 45.6. The van der Waals surface area contributed by atoms with Gasteiger partial charge in [-0.05, 0) is 12.8 Å². The summed E-state index contributed by atoms with van der Waals surface area (Å²) in [6.45, 7) is -10.2. The lowest BCUT2D eigenvalue weighted by atomic mass is 9.97. The maximum absolute atomic E-state index is 13.7. The number of aliphatic hydroxyl groups excluding tert-OH is 28. The lowest BCUT2D eigenvalue weighted by Gasteiger charge is -2.46. The summed E-state index contributed by atoms with van der Waals surface area (Å²) >= 11 is 0. The van der Waals surface area contributed by atoms with Gasteiger partial charge in [0.15, 0.2) is 50.3 Å². The zero-order valence-corrected chi connectivity index (χ0v) is 58.8. The fourth-order valence-corrected chi connectivity index (χ4v) is 13.4. The van der Waals surface area contributed by atoms with Crippen LogP contribution >= 0.6 is 0 Å². The number of hydrogen-bond acceptors (Lipinski definition) is 46. The monoisotopic (exact) mass is 1620 g/mol. The van der Waals surface area contributed by atoms with Crippen LogP contribution in [0.15, 0.2) is 0 Å². The fourth-order valence-electron chi connectivity index (χ4n) is 13.4. The van der Waals surface area contributed by atoms with Crippen LogP contribution < -0.4 is 10.6 Å². The van der Waals surface area contributed by atoms with E-state index in [4.69, 9.17) is 75.8 Å². The van der Waals surface area contributed by atoms with Crippen molar-refractivity contribution in [1.29, 1.82) is 0 Å². The van der Waals surface area contributed by atoms with E-state index >= 15 is 0 Å². The first-order valence-electron chi connectivity index (χ1n) is 35.7. The Bertz CT molecular complexity index is 2360. The summed E-state index contributed by atoms with van der Waals surface area (Å²) in [6.07, 6.45) is -73.5. The van der Waals surface area contributed by atoms with E-state index in [1.807, 2.05) is 0 Å². The average molecular weight is 1620 g/mol. The Kier molecular flexibility index (Phi) is 36.3. The van der Waals surface area contributed by atoms with Gasteiger partial charge in [0.1, 0.15) is 195 Å². The van der Waals surface area contributed by atoms with Gasteiger partial charge in [0.2, 0.25) is 11.8 Å². The van der Waals surface area contributed by atoms with Gasteiger partial charge in [-0.25, -0.2) is 0 Å². The predicted octanol–water partition coefficient (Wildman–Crippen LogP) is -19.1. The van der Waals surface area contributed by atoms with Crippen molar-refractivity contribution < 1.29 is 228 Å². The molecule has 8 aliphatic rings. The molecule has 8 fully saturated rings. The Hall–Kier alpha value is -2.82. The van der Waals surface area contributed by atoms with Crippen LogP contribution in [0.3, 0.4) is 0 Å². The number of unbranched alkanes of at least 4 members (excludes halogenated alkanes) is 3. The zero-order chi connectivity index (χ0) is 80.9. The van der Waals surface area contributed by atoms with Crippen LogP contribution in [0.4, 0.5) is 0 Å². The van der Waals surface area contributed by atoms with E-state index in [9.17, 15) is 153 Å². The molecule has 0 aromatic heterocycles. The van der Waals surface area contributed by atoms with Crippen molar-refractivity contribution in [3.63, 3.8) is 0 Å². The highest BCUT2D eigenvalue weighted by Crippen LogP contribution is 2.36. The van der Waals surface area contributed by atoms with Gasteiger partial charge >= 0.3 is 0 Å². The molecule has 0 aliphatic carbocycles. The number of hydrogen-bond donors (Lipinski definition) is 30. The molecule has 2 amide bonds. The molecule has 8 rings (SSSR count). The van der Waals surface area contributed by atoms with Crippen molar-refractivity contribution in [3.8, 4) is 0 Å². The highest BCUT2D eigenvalue weighted by molar-refractivity contribution is 5.76. The summed E-state index contributed by atoms with van der Waals surface area (Å²) in [4.78, 5) is 27.5. The third-order valence-corrected chi connectivity index (χ3v) is 20.0. The zero-order valence-electron chi connectivity index (χ0n) is 58.8. The molecule has 48 nitrogen and oxygen atoms in total. The molecule has 0 radical (unpaired) electrons. The molecule has 8 aliphatic heterocycles. The number of amides is 2.